The van der Waals surface area contributed by atoms with E-state index in [1.54, 1.807) is 18.5 Å². The largest absolute Gasteiger partial charge is 0.340 e. The van der Waals surface area contributed by atoms with Crippen LogP contribution in [0.3, 0.4) is 0 Å². The number of likely N-dealkylation sites (tertiary alicyclic amines) is 1. The molecule has 0 radical (unpaired) electrons. The third-order valence-corrected chi connectivity index (χ3v) is 7.42. The second-order valence-corrected chi connectivity index (χ2v) is 10.3. The smallest absolute Gasteiger partial charge is 0.258 e. The number of rotatable bonds is 10. The fourth-order valence-corrected chi connectivity index (χ4v) is 5.22. The Kier molecular flexibility index (Phi) is 8.51. The van der Waals surface area contributed by atoms with Crippen molar-refractivity contribution in [2.75, 3.05) is 11.9 Å². The van der Waals surface area contributed by atoms with Crippen LogP contribution in [0.4, 0.5) is 5.95 Å². The highest BCUT2D eigenvalue weighted by molar-refractivity contribution is 6.04. The van der Waals surface area contributed by atoms with Crippen molar-refractivity contribution in [1.82, 2.24) is 24.6 Å². The fraction of sp³-hybridized carbons (Fsp3) is 0.355. The van der Waals surface area contributed by atoms with E-state index in [0.717, 1.165) is 67.6 Å². The van der Waals surface area contributed by atoms with Gasteiger partial charge in [0.1, 0.15) is 0 Å². The number of aryl methyl sites for hydroxylation is 1. The van der Waals surface area contributed by atoms with Crippen molar-refractivity contribution >= 4 is 17.8 Å². The number of benzene rings is 2. The number of carbonyl (C=O) groups excluding carboxylic acids is 2. The maximum Gasteiger partial charge on any atom is 0.258 e. The van der Waals surface area contributed by atoms with Crippen LogP contribution in [0.2, 0.25) is 0 Å². The highest BCUT2D eigenvalue weighted by Gasteiger charge is 2.22. The van der Waals surface area contributed by atoms with Gasteiger partial charge in [-0.05, 0) is 75.3 Å². The van der Waals surface area contributed by atoms with E-state index in [1.165, 1.54) is 6.42 Å². The van der Waals surface area contributed by atoms with Gasteiger partial charge < -0.3 is 4.90 Å². The van der Waals surface area contributed by atoms with E-state index < -0.39 is 0 Å². The SMILES string of the molecule is C[C@H]1CCCCN1C(=O)CCCCCc1cn(-c2ccccc2)c(NC(=O)c2cccc(-c3cn[nH]c3)c2)n1. The summed E-state index contributed by atoms with van der Waals surface area (Å²) in [6.45, 7) is 3.06. The lowest BCUT2D eigenvalue weighted by atomic mass is 10.0. The Labute approximate surface area is 229 Å². The summed E-state index contributed by atoms with van der Waals surface area (Å²) in [7, 11) is 0. The third-order valence-electron chi connectivity index (χ3n) is 7.42. The highest BCUT2D eigenvalue weighted by atomic mass is 16.2. The molecule has 0 aliphatic carbocycles. The van der Waals surface area contributed by atoms with E-state index in [2.05, 4.69) is 27.3 Å². The number of amides is 2. The van der Waals surface area contributed by atoms with Gasteiger partial charge in [-0.1, -0.05) is 36.8 Å². The Morgan fingerprint density at radius 2 is 1.90 bits per heavy atom. The minimum atomic E-state index is -0.222. The quantitative estimate of drug-likeness (QED) is 0.248. The number of H-pyrrole nitrogens is 1. The van der Waals surface area contributed by atoms with Crippen molar-refractivity contribution in [2.45, 2.75) is 64.3 Å². The molecular formula is C31H36N6O2. The first-order valence-electron chi connectivity index (χ1n) is 13.9. The first-order chi connectivity index (χ1) is 19.1. The van der Waals surface area contributed by atoms with Crippen LogP contribution in [0, 0.1) is 0 Å². The number of nitrogens with one attached hydrogen (secondary N) is 2. The lowest BCUT2D eigenvalue weighted by molar-refractivity contribution is -0.134. The topological polar surface area (TPSA) is 95.9 Å². The Bertz CT molecular complexity index is 1380. The Balaban J connectivity index is 1.22. The highest BCUT2D eigenvalue weighted by Crippen LogP contribution is 2.22. The fourth-order valence-electron chi connectivity index (χ4n) is 5.22. The van der Waals surface area contributed by atoms with Crippen LogP contribution in [-0.2, 0) is 11.2 Å². The Morgan fingerprint density at radius 1 is 1.03 bits per heavy atom. The van der Waals surface area contributed by atoms with Gasteiger partial charge >= 0.3 is 0 Å². The van der Waals surface area contributed by atoms with Crippen molar-refractivity contribution in [2.24, 2.45) is 0 Å². The van der Waals surface area contributed by atoms with E-state index in [0.29, 0.717) is 24.0 Å². The minimum absolute atomic E-state index is 0.222. The maximum atomic E-state index is 13.2. The molecule has 0 bridgehead atoms. The standard InChI is InChI=1S/C31H36N6O2/c1-23-11-8-9-18-36(23)29(38)17-7-2-4-14-27-22-37(28-15-5-3-6-16-28)31(34-27)35-30(39)25-13-10-12-24(19-25)26-20-32-33-21-26/h3,5-6,10,12-13,15-16,19-23H,2,4,7-9,11,14,17-18H2,1H3,(H,32,33)(H,34,35,39)/t23-/m0/s1. The molecule has 2 aromatic carbocycles. The second kappa shape index (κ2) is 12.6. The normalized spacial score (nSPS) is 15.3. The van der Waals surface area contributed by atoms with E-state index in [1.807, 2.05) is 59.3 Å². The molecule has 1 aliphatic heterocycles. The van der Waals surface area contributed by atoms with Gasteiger partial charge in [-0.2, -0.15) is 5.10 Å². The molecule has 5 rings (SSSR count). The summed E-state index contributed by atoms with van der Waals surface area (Å²) in [4.78, 5) is 32.7. The van der Waals surface area contributed by atoms with Crippen molar-refractivity contribution in [3.05, 3.63) is 84.4 Å². The predicted molar refractivity (Wildman–Crippen MR) is 153 cm³/mol. The Morgan fingerprint density at radius 3 is 2.69 bits per heavy atom. The number of hydrogen-bond acceptors (Lipinski definition) is 4. The number of para-hydroxylation sites is 1. The first kappa shape index (κ1) is 26.4. The average Bonchev–Trinajstić information content (AvgIpc) is 3.64. The molecule has 39 heavy (non-hydrogen) atoms. The molecule has 0 saturated carbocycles. The van der Waals surface area contributed by atoms with Crippen LogP contribution in [0.15, 0.2) is 73.2 Å². The zero-order valence-corrected chi connectivity index (χ0v) is 22.5. The average molecular weight is 525 g/mol. The molecule has 2 N–H and O–H groups in total. The van der Waals surface area contributed by atoms with Gasteiger partial charge in [0, 0.05) is 48.2 Å². The number of imidazole rings is 1. The van der Waals surface area contributed by atoms with Crippen LogP contribution >= 0.6 is 0 Å². The summed E-state index contributed by atoms with van der Waals surface area (Å²) in [5.74, 6) is 0.557. The molecule has 2 aromatic heterocycles. The lowest BCUT2D eigenvalue weighted by Gasteiger charge is -2.33. The monoisotopic (exact) mass is 524 g/mol. The summed E-state index contributed by atoms with van der Waals surface area (Å²) in [5.41, 5.74) is 4.23. The van der Waals surface area contributed by atoms with Gasteiger partial charge in [0.2, 0.25) is 11.9 Å². The van der Waals surface area contributed by atoms with Crippen molar-refractivity contribution in [1.29, 1.82) is 0 Å². The van der Waals surface area contributed by atoms with Gasteiger partial charge in [-0.25, -0.2) is 4.98 Å². The van der Waals surface area contributed by atoms with E-state index in [4.69, 9.17) is 4.98 Å². The molecule has 0 unspecified atom stereocenters. The van der Waals surface area contributed by atoms with Crippen molar-refractivity contribution in [3.63, 3.8) is 0 Å². The van der Waals surface area contributed by atoms with Crippen molar-refractivity contribution < 1.29 is 9.59 Å². The molecule has 1 atom stereocenters. The first-order valence-corrected chi connectivity index (χ1v) is 13.9. The number of carbonyl (C=O) groups is 2. The zero-order valence-electron chi connectivity index (χ0n) is 22.5. The number of piperidine rings is 1. The Hall–Kier alpha value is -4.20. The van der Waals surface area contributed by atoms with Crippen LogP contribution < -0.4 is 5.32 Å². The summed E-state index contributed by atoms with van der Waals surface area (Å²) >= 11 is 0. The molecule has 8 nitrogen and oxygen atoms in total. The van der Waals surface area contributed by atoms with Crippen LogP contribution in [0.5, 0.6) is 0 Å². The molecule has 8 heteroatoms. The van der Waals surface area contributed by atoms with Gasteiger partial charge in [0.05, 0.1) is 11.9 Å². The van der Waals surface area contributed by atoms with Crippen molar-refractivity contribution in [3.8, 4) is 16.8 Å². The molecule has 3 heterocycles. The van der Waals surface area contributed by atoms with Gasteiger partial charge in [0.25, 0.3) is 5.91 Å². The number of nitrogens with zero attached hydrogens (tertiary/aromatic N) is 4. The number of aromatic nitrogens is 4. The van der Waals surface area contributed by atoms with E-state index in [9.17, 15) is 9.59 Å². The van der Waals surface area contributed by atoms with Crippen LogP contribution in [-0.4, -0.2) is 49.0 Å². The summed E-state index contributed by atoms with van der Waals surface area (Å²) in [6.07, 6.45) is 13.2. The number of anilines is 1. The van der Waals surface area contributed by atoms with Gasteiger partial charge in [-0.15, -0.1) is 0 Å². The summed E-state index contributed by atoms with van der Waals surface area (Å²) < 4.78 is 1.93. The lowest BCUT2D eigenvalue weighted by Crippen LogP contribution is -2.41. The zero-order chi connectivity index (χ0) is 27.0. The summed E-state index contributed by atoms with van der Waals surface area (Å²) in [6, 6.07) is 17.7. The number of hydrogen-bond donors (Lipinski definition) is 2. The third kappa shape index (κ3) is 6.63. The molecule has 1 aliphatic rings. The number of aromatic amines is 1. The second-order valence-electron chi connectivity index (χ2n) is 10.3. The maximum absolute atomic E-state index is 13.2. The van der Waals surface area contributed by atoms with Gasteiger partial charge in [0.15, 0.2) is 0 Å². The molecule has 1 fully saturated rings. The molecule has 202 valence electrons. The van der Waals surface area contributed by atoms with Gasteiger partial charge in [-0.3, -0.25) is 24.6 Å². The molecule has 4 aromatic rings. The van der Waals surface area contributed by atoms with E-state index >= 15 is 0 Å². The van der Waals surface area contributed by atoms with Crippen LogP contribution in [0.1, 0.15) is 67.9 Å². The number of unbranched alkanes of at least 4 members (excludes halogenated alkanes) is 2. The van der Waals surface area contributed by atoms with E-state index in [-0.39, 0.29) is 11.8 Å². The summed E-state index contributed by atoms with van der Waals surface area (Å²) in [5, 5.41) is 9.82. The molecule has 1 saturated heterocycles. The predicted octanol–water partition coefficient (Wildman–Crippen LogP) is 6.02. The molecular weight excluding hydrogens is 488 g/mol. The molecule has 2 amide bonds. The molecule has 0 spiro atoms. The van der Waals surface area contributed by atoms with Crippen LogP contribution in [0.25, 0.3) is 16.8 Å². The minimum Gasteiger partial charge on any atom is -0.340 e.